The van der Waals surface area contributed by atoms with Gasteiger partial charge in [-0.15, -0.1) is 11.3 Å². The maximum Gasteiger partial charge on any atom is 0.254 e. The number of rotatable bonds is 2. The Kier molecular flexibility index (Phi) is 4.24. The Balaban J connectivity index is 1.76. The number of thiophene rings is 1. The van der Waals surface area contributed by atoms with Crippen LogP contribution in [0.5, 0.6) is 0 Å². The summed E-state index contributed by atoms with van der Waals surface area (Å²) in [5.41, 5.74) is 0.309. The first-order valence-corrected chi connectivity index (χ1v) is 7.80. The molecule has 21 heavy (non-hydrogen) atoms. The van der Waals surface area contributed by atoms with Crippen LogP contribution in [0, 0.1) is 5.82 Å². The summed E-state index contributed by atoms with van der Waals surface area (Å²) in [7, 11) is 0. The maximum absolute atomic E-state index is 13.5. The molecule has 1 saturated heterocycles. The van der Waals surface area contributed by atoms with Crippen molar-refractivity contribution in [2.75, 3.05) is 19.7 Å². The molecule has 3 rings (SSSR count). The van der Waals surface area contributed by atoms with Gasteiger partial charge in [0.15, 0.2) is 0 Å². The van der Waals surface area contributed by atoms with Gasteiger partial charge in [-0.25, -0.2) is 4.39 Å². The van der Waals surface area contributed by atoms with E-state index >= 15 is 0 Å². The molecule has 0 spiro atoms. The summed E-state index contributed by atoms with van der Waals surface area (Å²) in [5.74, 6) is -0.777. The fourth-order valence-electron chi connectivity index (χ4n) is 2.29. The Bertz CT molecular complexity index is 647. The Morgan fingerprint density at radius 2 is 2.29 bits per heavy atom. The highest BCUT2D eigenvalue weighted by Gasteiger charge is 2.27. The number of carbonyl (C=O) groups excluding carboxylic acids is 1. The topological polar surface area (TPSA) is 29.5 Å². The van der Waals surface area contributed by atoms with Crippen molar-refractivity contribution >= 4 is 28.8 Å². The SMILES string of the molecule is O=C(c1ccc(Cl)c(F)c1)N1CCOC(c2cccs2)C1. The van der Waals surface area contributed by atoms with Crippen molar-refractivity contribution in [2.45, 2.75) is 6.10 Å². The van der Waals surface area contributed by atoms with E-state index in [-0.39, 0.29) is 17.0 Å². The molecule has 1 aliphatic rings. The van der Waals surface area contributed by atoms with Crippen molar-refractivity contribution in [2.24, 2.45) is 0 Å². The van der Waals surface area contributed by atoms with Gasteiger partial charge in [0.2, 0.25) is 0 Å². The summed E-state index contributed by atoms with van der Waals surface area (Å²) in [6.07, 6.45) is -0.111. The summed E-state index contributed by atoms with van der Waals surface area (Å²) in [5, 5.41) is 2.00. The van der Waals surface area contributed by atoms with E-state index in [0.29, 0.717) is 25.3 Å². The van der Waals surface area contributed by atoms with Crippen LogP contribution < -0.4 is 0 Å². The minimum atomic E-state index is -0.578. The van der Waals surface area contributed by atoms with Crippen molar-refractivity contribution in [3.63, 3.8) is 0 Å². The van der Waals surface area contributed by atoms with Gasteiger partial charge in [-0.2, -0.15) is 0 Å². The summed E-state index contributed by atoms with van der Waals surface area (Å²) >= 11 is 7.25. The van der Waals surface area contributed by atoms with Crippen LogP contribution >= 0.6 is 22.9 Å². The van der Waals surface area contributed by atoms with Crippen molar-refractivity contribution < 1.29 is 13.9 Å². The first kappa shape index (κ1) is 14.5. The monoisotopic (exact) mass is 325 g/mol. The van der Waals surface area contributed by atoms with Crippen LogP contribution in [-0.4, -0.2) is 30.5 Å². The number of nitrogens with zero attached hydrogens (tertiary/aromatic N) is 1. The third-order valence-electron chi connectivity index (χ3n) is 3.38. The number of benzene rings is 1. The van der Waals surface area contributed by atoms with Crippen LogP contribution in [0.25, 0.3) is 0 Å². The normalized spacial score (nSPS) is 18.8. The molecule has 110 valence electrons. The predicted molar refractivity (Wildman–Crippen MR) is 80.3 cm³/mol. The largest absolute Gasteiger partial charge is 0.369 e. The zero-order valence-corrected chi connectivity index (χ0v) is 12.7. The molecule has 1 aromatic carbocycles. The lowest BCUT2D eigenvalue weighted by Crippen LogP contribution is -2.42. The average molecular weight is 326 g/mol. The number of amides is 1. The third kappa shape index (κ3) is 3.10. The smallest absolute Gasteiger partial charge is 0.254 e. The Hall–Kier alpha value is -1.43. The predicted octanol–water partition coefficient (Wildman–Crippen LogP) is 3.75. The maximum atomic E-state index is 13.5. The van der Waals surface area contributed by atoms with Gasteiger partial charge in [0.05, 0.1) is 18.2 Å². The second kappa shape index (κ2) is 6.13. The molecule has 2 heterocycles. The number of hydrogen-bond acceptors (Lipinski definition) is 3. The number of morpholine rings is 1. The van der Waals surface area contributed by atoms with Crippen LogP contribution in [0.4, 0.5) is 4.39 Å². The summed E-state index contributed by atoms with van der Waals surface area (Å²) < 4.78 is 19.2. The van der Waals surface area contributed by atoms with E-state index in [1.807, 2.05) is 17.5 Å². The van der Waals surface area contributed by atoms with Crippen molar-refractivity contribution in [1.82, 2.24) is 4.90 Å². The fraction of sp³-hybridized carbons (Fsp3) is 0.267. The van der Waals surface area contributed by atoms with E-state index in [0.717, 1.165) is 4.88 Å². The lowest BCUT2D eigenvalue weighted by molar-refractivity contribution is -0.0211. The standard InChI is InChI=1S/C15H13ClFNO2S/c16-11-4-3-10(8-12(11)17)15(19)18-5-6-20-13(9-18)14-2-1-7-21-14/h1-4,7-8,13H,5-6,9H2. The van der Waals surface area contributed by atoms with E-state index in [2.05, 4.69) is 0 Å². The summed E-state index contributed by atoms with van der Waals surface area (Å²) in [4.78, 5) is 15.2. The molecule has 0 aliphatic carbocycles. The molecule has 2 aromatic rings. The molecule has 0 bridgehead atoms. The minimum absolute atomic E-state index is 0.0185. The fourth-order valence-corrected chi connectivity index (χ4v) is 3.18. The van der Waals surface area contributed by atoms with Gasteiger partial charge in [0.25, 0.3) is 5.91 Å². The highest BCUT2D eigenvalue weighted by Crippen LogP contribution is 2.27. The molecule has 1 atom stereocenters. The molecule has 1 amide bonds. The van der Waals surface area contributed by atoms with E-state index in [4.69, 9.17) is 16.3 Å². The highest BCUT2D eigenvalue weighted by molar-refractivity contribution is 7.10. The van der Waals surface area contributed by atoms with Crippen LogP contribution in [0.15, 0.2) is 35.7 Å². The van der Waals surface area contributed by atoms with Gasteiger partial charge in [-0.1, -0.05) is 17.7 Å². The Labute approximate surface area is 130 Å². The van der Waals surface area contributed by atoms with Crippen LogP contribution in [-0.2, 0) is 4.74 Å². The lowest BCUT2D eigenvalue weighted by Gasteiger charge is -2.32. The first-order valence-electron chi connectivity index (χ1n) is 6.54. The molecule has 1 aliphatic heterocycles. The number of halogens is 2. The summed E-state index contributed by atoms with van der Waals surface area (Å²) in [6.45, 7) is 1.46. The van der Waals surface area contributed by atoms with Crippen LogP contribution in [0.2, 0.25) is 5.02 Å². The molecule has 0 N–H and O–H groups in total. The van der Waals surface area contributed by atoms with E-state index in [1.54, 1.807) is 22.3 Å². The molecule has 3 nitrogen and oxygen atoms in total. The van der Waals surface area contributed by atoms with Crippen molar-refractivity contribution in [3.05, 3.63) is 57.0 Å². The molecule has 0 radical (unpaired) electrons. The molecule has 1 unspecified atom stereocenters. The highest BCUT2D eigenvalue weighted by atomic mass is 35.5. The average Bonchev–Trinajstić information content (AvgIpc) is 3.04. The first-order chi connectivity index (χ1) is 10.1. The quantitative estimate of drug-likeness (QED) is 0.841. The van der Waals surface area contributed by atoms with Crippen molar-refractivity contribution in [3.8, 4) is 0 Å². The Morgan fingerprint density at radius 3 is 3.00 bits per heavy atom. The Morgan fingerprint density at radius 1 is 1.43 bits per heavy atom. The number of carbonyl (C=O) groups is 1. The molecular formula is C15H13ClFNO2S. The van der Waals surface area contributed by atoms with Gasteiger partial charge < -0.3 is 9.64 Å². The van der Waals surface area contributed by atoms with E-state index < -0.39 is 5.82 Å². The molecule has 1 aromatic heterocycles. The van der Waals surface area contributed by atoms with Gasteiger partial charge in [-0.3, -0.25) is 4.79 Å². The minimum Gasteiger partial charge on any atom is -0.369 e. The van der Waals surface area contributed by atoms with Gasteiger partial charge in [-0.05, 0) is 29.6 Å². The zero-order valence-electron chi connectivity index (χ0n) is 11.1. The molecule has 1 fully saturated rings. The third-order valence-corrected chi connectivity index (χ3v) is 4.65. The molecular weight excluding hydrogens is 313 g/mol. The van der Waals surface area contributed by atoms with Crippen LogP contribution in [0.1, 0.15) is 21.3 Å². The van der Waals surface area contributed by atoms with Gasteiger partial charge >= 0.3 is 0 Å². The van der Waals surface area contributed by atoms with Gasteiger partial charge in [0, 0.05) is 17.0 Å². The molecule has 0 saturated carbocycles. The zero-order chi connectivity index (χ0) is 14.8. The van der Waals surface area contributed by atoms with Crippen molar-refractivity contribution in [1.29, 1.82) is 0 Å². The van der Waals surface area contributed by atoms with E-state index in [1.165, 1.54) is 12.1 Å². The lowest BCUT2D eigenvalue weighted by atomic mass is 10.1. The molecule has 6 heteroatoms. The number of hydrogen-bond donors (Lipinski definition) is 0. The second-order valence-corrected chi connectivity index (χ2v) is 6.14. The van der Waals surface area contributed by atoms with E-state index in [9.17, 15) is 9.18 Å². The summed E-state index contributed by atoms with van der Waals surface area (Å²) in [6, 6.07) is 8.08. The van der Waals surface area contributed by atoms with Crippen LogP contribution in [0.3, 0.4) is 0 Å². The number of ether oxygens (including phenoxy) is 1. The second-order valence-electron chi connectivity index (χ2n) is 4.75. The van der Waals surface area contributed by atoms with Gasteiger partial charge in [0.1, 0.15) is 11.9 Å².